The van der Waals surface area contributed by atoms with Crippen LogP contribution in [0.5, 0.6) is 0 Å². The molecule has 2 N–H and O–H groups in total. The van der Waals surface area contributed by atoms with Crippen molar-refractivity contribution in [3.05, 3.63) is 30.1 Å². The van der Waals surface area contributed by atoms with Crippen molar-refractivity contribution in [3.8, 4) is 0 Å². The highest BCUT2D eigenvalue weighted by atomic mass is 127. The summed E-state index contributed by atoms with van der Waals surface area (Å²) in [5.41, 5.74) is 1.09. The van der Waals surface area contributed by atoms with Gasteiger partial charge in [-0.2, -0.15) is 0 Å². The number of halogens is 2. The van der Waals surface area contributed by atoms with Crippen LogP contribution in [0.15, 0.2) is 29.3 Å². The molecule has 29 heavy (non-hydrogen) atoms. The standard InChI is InChI=1S/C20H34FN5O2.HI/c1-22-20(23-8-3-15-28-17-16-27-2)24-9-10-25-11-13-26(14-12-25)19-6-4-18(21)5-7-19;/h4-7H,3,8-17H2,1-2H3,(H2,22,23,24);1H. The van der Waals surface area contributed by atoms with Crippen LogP contribution in [-0.4, -0.2) is 90.7 Å². The number of methoxy groups -OCH3 is 1. The molecule has 1 fully saturated rings. The molecule has 0 radical (unpaired) electrons. The molecule has 1 aromatic rings. The van der Waals surface area contributed by atoms with Crippen LogP contribution < -0.4 is 15.5 Å². The zero-order valence-electron chi connectivity index (χ0n) is 17.5. The first-order valence-electron chi connectivity index (χ1n) is 9.97. The molecule has 0 aliphatic carbocycles. The molecule has 0 bridgehead atoms. The van der Waals surface area contributed by atoms with Crippen molar-refractivity contribution < 1.29 is 13.9 Å². The zero-order chi connectivity index (χ0) is 20.0. The van der Waals surface area contributed by atoms with E-state index >= 15 is 0 Å². The molecule has 7 nitrogen and oxygen atoms in total. The number of anilines is 1. The van der Waals surface area contributed by atoms with E-state index < -0.39 is 0 Å². The van der Waals surface area contributed by atoms with E-state index in [1.807, 2.05) is 12.1 Å². The molecule has 0 unspecified atom stereocenters. The van der Waals surface area contributed by atoms with Gasteiger partial charge in [0, 0.05) is 72.3 Å². The van der Waals surface area contributed by atoms with Crippen molar-refractivity contribution in [2.24, 2.45) is 4.99 Å². The molecular formula is C20H35FIN5O2. The quantitative estimate of drug-likeness (QED) is 0.200. The maximum atomic E-state index is 13.1. The number of piperazine rings is 1. The summed E-state index contributed by atoms with van der Waals surface area (Å²) in [5.74, 6) is 0.635. The summed E-state index contributed by atoms with van der Waals surface area (Å²) < 4.78 is 23.4. The lowest BCUT2D eigenvalue weighted by molar-refractivity contribution is 0.0698. The molecule has 1 aromatic carbocycles. The minimum Gasteiger partial charge on any atom is -0.382 e. The molecule has 0 amide bonds. The number of aliphatic imine (C=N–C) groups is 1. The van der Waals surface area contributed by atoms with Crippen LogP contribution in [0.25, 0.3) is 0 Å². The number of hydrogen-bond donors (Lipinski definition) is 2. The fraction of sp³-hybridized carbons (Fsp3) is 0.650. The summed E-state index contributed by atoms with van der Waals surface area (Å²) in [4.78, 5) is 8.99. The third-order valence-corrected chi connectivity index (χ3v) is 4.70. The monoisotopic (exact) mass is 523 g/mol. The molecule has 166 valence electrons. The first kappa shape index (κ1) is 25.9. The van der Waals surface area contributed by atoms with Crippen molar-refractivity contribution >= 4 is 35.6 Å². The first-order valence-corrected chi connectivity index (χ1v) is 9.97. The largest absolute Gasteiger partial charge is 0.382 e. The van der Waals surface area contributed by atoms with Gasteiger partial charge in [-0.25, -0.2) is 4.39 Å². The van der Waals surface area contributed by atoms with E-state index in [9.17, 15) is 4.39 Å². The SMILES string of the molecule is CN=C(NCCCOCCOC)NCCN1CCN(c2ccc(F)cc2)CC1.I. The predicted octanol–water partition coefficient (Wildman–Crippen LogP) is 1.78. The van der Waals surface area contributed by atoms with Crippen LogP contribution in [-0.2, 0) is 9.47 Å². The number of guanidine groups is 1. The zero-order valence-corrected chi connectivity index (χ0v) is 19.9. The Morgan fingerprint density at radius 1 is 1.03 bits per heavy atom. The number of ether oxygens (including phenoxy) is 2. The van der Waals surface area contributed by atoms with Gasteiger partial charge in [0.05, 0.1) is 13.2 Å². The second-order valence-corrected chi connectivity index (χ2v) is 6.69. The lowest BCUT2D eigenvalue weighted by Crippen LogP contribution is -2.49. The normalized spacial score (nSPS) is 15.1. The van der Waals surface area contributed by atoms with Crippen LogP contribution >= 0.6 is 24.0 Å². The topological polar surface area (TPSA) is 61.4 Å². The summed E-state index contributed by atoms with van der Waals surface area (Å²) in [6, 6.07) is 6.75. The van der Waals surface area contributed by atoms with Crippen molar-refractivity contribution in [2.75, 3.05) is 84.7 Å². The molecule has 1 aliphatic rings. The van der Waals surface area contributed by atoms with Gasteiger partial charge < -0.3 is 25.0 Å². The Bertz CT molecular complexity index is 568. The van der Waals surface area contributed by atoms with E-state index in [4.69, 9.17) is 9.47 Å². The molecule has 2 rings (SSSR count). The summed E-state index contributed by atoms with van der Waals surface area (Å²) >= 11 is 0. The van der Waals surface area contributed by atoms with E-state index in [2.05, 4.69) is 25.4 Å². The lowest BCUT2D eigenvalue weighted by atomic mass is 10.2. The van der Waals surface area contributed by atoms with Crippen LogP contribution in [0.4, 0.5) is 10.1 Å². The summed E-state index contributed by atoms with van der Waals surface area (Å²) in [5, 5.41) is 6.66. The second kappa shape index (κ2) is 15.6. The average molecular weight is 523 g/mol. The van der Waals surface area contributed by atoms with Crippen LogP contribution in [0, 0.1) is 5.82 Å². The van der Waals surface area contributed by atoms with Gasteiger partial charge in [0.25, 0.3) is 0 Å². The second-order valence-electron chi connectivity index (χ2n) is 6.69. The summed E-state index contributed by atoms with van der Waals surface area (Å²) in [6.45, 7) is 8.55. The number of benzene rings is 1. The fourth-order valence-electron chi connectivity index (χ4n) is 3.06. The number of nitrogens with zero attached hydrogens (tertiary/aromatic N) is 3. The Hall–Kier alpha value is -1.17. The Kier molecular flexibility index (Phi) is 14.0. The lowest BCUT2D eigenvalue weighted by Gasteiger charge is -2.36. The molecule has 1 heterocycles. The van der Waals surface area contributed by atoms with Gasteiger partial charge in [0.1, 0.15) is 5.82 Å². The molecule has 1 saturated heterocycles. The van der Waals surface area contributed by atoms with Gasteiger partial charge in [-0.1, -0.05) is 0 Å². The van der Waals surface area contributed by atoms with Gasteiger partial charge in [-0.15, -0.1) is 24.0 Å². The number of hydrogen-bond acceptors (Lipinski definition) is 5. The average Bonchev–Trinajstić information content (AvgIpc) is 2.73. The Morgan fingerprint density at radius 3 is 2.38 bits per heavy atom. The molecule has 0 spiro atoms. The Balaban J connectivity index is 0.00000420. The van der Waals surface area contributed by atoms with E-state index in [-0.39, 0.29) is 29.8 Å². The third-order valence-electron chi connectivity index (χ3n) is 4.70. The van der Waals surface area contributed by atoms with Crippen molar-refractivity contribution in [2.45, 2.75) is 6.42 Å². The molecular weight excluding hydrogens is 488 g/mol. The fourth-order valence-corrected chi connectivity index (χ4v) is 3.06. The highest BCUT2D eigenvalue weighted by Gasteiger charge is 2.16. The van der Waals surface area contributed by atoms with Crippen LogP contribution in [0.1, 0.15) is 6.42 Å². The minimum absolute atomic E-state index is 0. The molecule has 1 aliphatic heterocycles. The highest BCUT2D eigenvalue weighted by Crippen LogP contribution is 2.16. The van der Waals surface area contributed by atoms with E-state index in [0.717, 1.165) is 63.9 Å². The molecule has 0 aromatic heterocycles. The van der Waals surface area contributed by atoms with Crippen LogP contribution in [0.2, 0.25) is 0 Å². The van der Waals surface area contributed by atoms with Gasteiger partial charge in [-0.05, 0) is 30.7 Å². The highest BCUT2D eigenvalue weighted by molar-refractivity contribution is 14.0. The van der Waals surface area contributed by atoms with E-state index in [1.165, 1.54) is 12.1 Å². The predicted molar refractivity (Wildman–Crippen MR) is 127 cm³/mol. The third kappa shape index (κ3) is 10.4. The van der Waals surface area contributed by atoms with Gasteiger partial charge in [0.2, 0.25) is 0 Å². The van der Waals surface area contributed by atoms with Gasteiger partial charge >= 0.3 is 0 Å². The maximum absolute atomic E-state index is 13.1. The van der Waals surface area contributed by atoms with Crippen molar-refractivity contribution in [1.29, 1.82) is 0 Å². The Labute approximate surface area is 191 Å². The van der Waals surface area contributed by atoms with Crippen LogP contribution in [0.3, 0.4) is 0 Å². The van der Waals surface area contributed by atoms with Gasteiger partial charge in [0.15, 0.2) is 5.96 Å². The summed E-state index contributed by atoms with van der Waals surface area (Å²) in [7, 11) is 3.46. The van der Waals surface area contributed by atoms with E-state index in [0.29, 0.717) is 19.8 Å². The van der Waals surface area contributed by atoms with Crippen molar-refractivity contribution in [3.63, 3.8) is 0 Å². The van der Waals surface area contributed by atoms with Crippen molar-refractivity contribution in [1.82, 2.24) is 15.5 Å². The number of nitrogens with one attached hydrogen (secondary N) is 2. The van der Waals surface area contributed by atoms with E-state index in [1.54, 1.807) is 14.2 Å². The molecule has 9 heteroatoms. The molecule has 0 saturated carbocycles. The smallest absolute Gasteiger partial charge is 0.191 e. The maximum Gasteiger partial charge on any atom is 0.191 e. The minimum atomic E-state index is -0.186. The van der Waals surface area contributed by atoms with Gasteiger partial charge in [-0.3, -0.25) is 9.89 Å². The summed E-state index contributed by atoms with van der Waals surface area (Å²) in [6.07, 6.45) is 0.926. The number of rotatable bonds is 11. The molecule has 0 atom stereocenters. The Morgan fingerprint density at radius 2 is 1.72 bits per heavy atom. The first-order chi connectivity index (χ1) is 13.7.